The van der Waals surface area contributed by atoms with Crippen molar-refractivity contribution in [3.8, 4) is 0 Å². The molecule has 0 aliphatic carbocycles. The lowest BCUT2D eigenvalue weighted by Gasteiger charge is -2.23. The van der Waals surface area contributed by atoms with Crippen molar-refractivity contribution < 1.29 is 19.2 Å². The molecule has 0 aromatic heterocycles. The molecule has 1 saturated heterocycles. The van der Waals surface area contributed by atoms with Gasteiger partial charge in [-0.15, -0.1) is 0 Å². The van der Waals surface area contributed by atoms with E-state index in [1.807, 2.05) is 0 Å². The van der Waals surface area contributed by atoms with Crippen LogP contribution < -0.4 is 11.1 Å². The number of carbonyl (C=O) groups excluding carboxylic acids is 4. The summed E-state index contributed by atoms with van der Waals surface area (Å²) in [6.07, 6.45) is 0. The highest BCUT2D eigenvalue weighted by atomic mass is 35.5. The van der Waals surface area contributed by atoms with Crippen molar-refractivity contribution in [3.05, 3.63) is 69.2 Å². The SMILES string of the molecule is CN(Cc1ccc(Cl)c(Cl)c1)C(=O)CN1C(=O)N[C@](C)(c2cccc(C(N)=O)c2)C1=O. The van der Waals surface area contributed by atoms with Crippen LogP contribution in [-0.2, 0) is 21.7 Å². The van der Waals surface area contributed by atoms with Gasteiger partial charge in [-0.2, -0.15) is 0 Å². The van der Waals surface area contributed by atoms with Gasteiger partial charge in [0.1, 0.15) is 12.1 Å². The molecular formula is C21H20Cl2N4O4. The fourth-order valence-electron chi connectivity index (χ4n) is 3.28. The maximum absolute atomic E-state index is 13.0. The van der Waals surface area contributed by atoms with Gasteiger partial charge in [-0.1, -0.05) is 41.4 Å². The molecule has 162 valence electrons. The number of imide groups is 1. The van der Waals surface area contributed by atoms with E-state index in [9.17, 15) is 19.2 Å². The van der Waals surface area contributed by atoms with Crippen molar-refractivity contribution in [2.75, 3.05) is 13.6 Å². The summed E-state index contributed by atoms with van der Waals surface area (Å²) in [5, 5.41) is 3.37. The van der Waals surface area contributed by atoms with Crippen LogP contribution in [0.5, 0.6) is 0 Å². The highest BCUT2D eigenvalue weighted by Gasteiger charge is 2.49. The van der Waals surface area contributed by atoms with Crippen LogP contribution in [0.2, 0.25) is 10.0 Å². The molecule has 1 aliphatic rings. The molecule has 2 aromatic carbocycles. The quantitative estimate of drug-likeness (QED) is 0.641. The molecule has 3 N–H and O–H groups in total. The zero-order valence-electron chi connectivity index (χ0n) is 16.8. The van der Waals surface area contributed by atoms with E-state index in [-0.39, 0.29) is 12.1 Å². The van der Waals surface area contributed by atoms with Crippen LogP contribution in [0.3, 0.4) is 0 Å². The molecule has 0 spiro atoms. The Morgan fingerprint density at radius 2 is 1.84 bits per heavy atom. The molecule has 0 bridgehead atoms. The van der Waals surface area contributed by atoms with Gasteiger partial charge >= 0.3 is 6.03 Å². The number of benzene rings is 2. The van der Waals surface area contributed by atoms with E-state index < -0.39 is 35.8 Å². The Hall–Kier alpha value is -3.10. The minimum atomic E-state index is -1.43. The van der Waals surface area contributed by atoms with Crippen LogP contribution in [0.15, 0.2) is 42.5 Å². The highest BCUT2D eigenvalue weighted by molar-refractivity contribution is 6.42. The molecule has 2 aromatic rings. The Bertz CT molecular complexity index is 1090. The third kappa shape index (κ3) is 4.50. The molecule has 8 nitrogen and oxygen atoms in total. The fourth-order valence-corrected chi connectivity index (χ4v) is 3.60. The van der Waals surface area contributed by atoms with Crippen LogP contribution in [0, 0.1) is 0 Å². The van der Waals surface area contributed by atoms with Gasteiger partial charge < -0.3 is 16.0 Å². The first-order valence-electron chi connectivity index (χ1n) is 9.25. The standard InChI is InChI=1S/C21H20Cl2N4O4/c1-21(14-5-3-4-13(9-14)18(24)29)19(30)27(20(31)25-21)11-17(28)26(2)10-12-6-7-15(22)16(23)8-12/h3-9H,10-11H2,1-2H3,(H2,24,29)(H,25,31)/t21-/m1/s1. The van der Waals surface area contributed by atoms with Crippen molar-refractivity contribution >= 4 is 47.0 Å². The van der Waals surface area contributed by atoms with Crippen molar-refractivity contribution in [2.45, 2.75) is 19.0 Å². The molecular weight excluding hydrogens is 443 g/mol. The summed E-state index contributed by atoms with van der Waals surface area (Å²) in [4.78, 5) is 51.9. The number of nitrogens with two attached hydrogens (primary N) is 1. The maximum atomic E-state index is 13.0. The molecule has 1 aliphatic heterocycles. The Kier molecular flexibility index (Phi) is 6.24. The van der Waals surface area contributed by atoms with E-state index in [0.717, 1.165) is 10.5 Å². The predicted octanol–water partition coefficient (Wildman–Crippen LogP) is 2.52. The smallest absolute Gasteiger partial charge is 0.325 e. The van der Waals surface area contributed by atoms with Gasteiger partial charge in [-0.05, 0) is 42.3 Å². The minimum absolute atomic E-state index is 0.205. The third-order valence-corrected chi connectivity index (χ3v) is 5.86. The average molecular weight is 463 g/mol. The number of likely N-dealkylation sites (N-methyl/N-ethyl adjacent to an activating group) is 1. The van der Waals surface area contributed by atoms with E-state index >= 15 is 0 Å². The zero-order chi connectivity index (χ0) is 22.9. The Morgan fingerprint density at radius 1 is 1.13 bits per heavy atom. The number of nitrogens with zero attached hydrogens (tertiary/aromatic N) is 2. The average Bonchev–Trinajstić information content (AvgIpc) is 2.94. The van der Waals surface area contributed by atoms with Crippen molar-refractivity contribution in [3.63, 3.8) is 0 Å². The number of primary amides is 1. The first kappa shape index (κ1) is 22.6. The van der Waals surface area contributed by atoms with E-state index in [2.05, 4.69) is 5.32 Å². The summed E-state index contributed by atoms with van der Waals surface area (Å²) in [6.45, 7) is 1.29. The Morgan fingerprint density at radius 3 is 2.48 bits per heavy atom. The molecule has 1 atom stereocenters. The van der Waals surface area contributed by atoms with Crippen LogP contribution in [0.4, 0.5) is 4.79 Å². The molecule has 5 amide bonds. The van der Waals surface area contributed by atoms with Crippen LogP contribution >= 0.6 is 23.2 Å². The molecule has 31 heavy (non-hydrogen) atoms. The van der Waals surface area contributed by atoms with Gasteiger partial charge in [0.2, 0.25) is 11.8 Å². The van der Waals surface area contributed by atoms with E-state index in [0.29, 0.717) is 15.6 Å². The summed E-state index contributed by atoms with van der Waals surface area (Å²) >= 11 is 11.9. The summed E-state index contributed by atoms with van der Waals surface area (Å²) in [5.74, 6) is -1.70. The van der Waals surface area contributed by atoms with Crippen LogP contribution in [0.25, 0.3) is 0 Å². The number of rotatable bonds is 6. The van der Waals surface area contributed by atoms with Crippen molar-refractivity contribution in [1.82, 2.24) is 15.1 Å². The number of amides is 5. The Balaban J connectivity index is 1.74. The summed E-state index contributed by atoms with van der Waals surface area (Å²) in [7, 11) is 1.55. The summed E-state index contributed by atoms with van der Waals surface area (Å²) in [6, 6.07) is 10.4. The third-order valence-electron chi connectivity index (χ3n) is 5.12. The number of hydrogen-bond donors (Lipinski definition) is 2. The van der Waals surface area contributed by atoms with E-state index in [1.165, 1.54) is 24.0 Å². The van der Waals surface area contributed by atoms with Gasteiger partial charge in [0.15, 0.2) is 0 Å². The number of carbonyl (C=O) groups is 4. The highest BCUT2D eigenvalue weighted by Crippen LogP contribution is 2.29. The molecule has 0 saturated carbocycles. The van der Waals surface area contributed by atoms with Crippen molar-refractivity contribution in [1.29, 1.82) is 0 Å². The number of urea groups is 1. The second-order valence-electron chi connectivity index (χ2n) is 7.39. The van der Waals surface area contributed by atoms with Gasteiger partial charge in [0, 0.05) is 19.2 Å². The van der Waals surface area contributed by atoms with E-state index in [1.54, 1.807) is 37.4 Å². The lowest BCUT2D eigenvalue weighted by molar-refractivity contribution is -0.138. The monoisotopic (exact) mass is 462 g/mol. The van der Waals surface area contributed by atoms with Gasteiger partial charge in [-0.25, -0.2) is 4.79 Å². The lowest BCUT2D eigenvalue weighted by atomic mass is 9.90. The van der Waals surface area contributed by atoms with Gasteiger partial charge in [0.05, 0.1) is 10.0 Å². The molecule has 0 radical (unpaired) electrons. The summed E-state index contributed by atoms with van der Waals surface area (Å²) < 4.78 is 0. The maximum Gasteiger partial charge on any atom is 0.325 e. The number of halogens is 2. The second kappa shape index (κ2) is 8.56. The van der Waals surface area contributed by atoms with Gasteiger partial charge in [-0.3, -0.25) is 19.3 Å². The Labute approximate surface area is 188 Å². The molecule has 1 heterocycles. The van der Waals surface area contributed by atoms with Crippen LogP contribution in [-0.4, -0.2) is 47.1 Å². The minimum Gasteiger partial charge on any atom is -0.366 e. The normalized spacial score (nSPS) is 18.1. The van der Waals surface area contributed by atoms with Crippen molar-refractivity contribution in [2.24, 2.45) is 5.73 Å². The number of hydrogen-bond acceptors (Lipinski definition) is 4. The van der Waals surface area contributed by atoms with E-state index in [4.69, 9.17) is 28.9 Å². The second-order valence-corrected chi connectivity index (χ2v) is 8.20. The molecule has 3 rings (SSSR count). The predicted molar refractivity (Wildman–Crippen MR) is 115 cm³/mol. The van der Waals surface area contributed by atoms with Crippen LogP contribution in [0.1, 0.15) is 28.4 Å². The summed E-state index contributed by atoms with van der Waals surface area (Å²) in [5.41, 5.74) is 5.22. The molecule has 0 unspecified atom stereocenters. The zero-order valence-corrected chi connectivity index (χ0v) is 18.3. The molecule has 10 heteroatoms. The largest absolute Gasteiger partial charge is 0.366 e. The first-order valence-corrected chi connectivity index (χ1v) is 10.0. The first-order chi connectivity index (χ1) is 14.5. The fraction of sp³-hybridized carbons (Fsp3) is 0.238. The topological polar surface area (TPSA) is 113 Å². The lowest BCUT2D eigenvalue weighted by Crippen LogP contribution is -2.43. The number of nitrogens with one attached hydrogen (secondary N) is 1. The van der Waals surface area contributed by atoms with Gasteiger partial charge in [0.25, 0.3) is 5.91 Å². The molecule has 1 fully saturated rings.